The summed E-state index contributed by atoms with van der Waals surface area (Å²) in [5.41, 5.74) is 1.07. The van der Waals surface area contributed by atoms with Crippen molar-refractivity contribution < 1.29 is 27.8 Å². The molecule has 2 rings (SSSR count). The van der Waals surface area contributed by atoms with Crippen LogP contribution in [0.4, 0.5) is 13.2 Å². The highest BCUT2D eigenvalue weighted by Gasteiger charge is 2.30. The number of ether oxygens (including phenoxy) is 1. The largest absolute Gasteiger partial charge is 0.477 e. The lowest BCUT2D eigenvalue weighted by Crippen LogP contribution is -2.21. The Balaban J connectivity index is 2.30. The van der Waals surface area contributed by atoms with E-state index in [-0.39, 0.29) is 5.56 Å². The highest BCUT2D eigenvalue weighted by molar-refractivity contribution is 5.90. The molecule has 0 bridgehead atoms. The molecule has 1 aromatic heterocycles. The summed E-state index contributed by atoms with van der Waals surface area (Å²) in [4.78, 5) is 14.8. The molecule has 0 unspecified atom stereocenters. The van der Waals surface area contributed by atoms with E-state index in [4.69, 9.17) is 5.11 Å². The molecule has 0 saturated carbocycles. The number of aryl methyl sites for hydroxylation is 2. The molecule has 0 atom stereocenters. The van der Waals surface area contributed by atoms with Gasteiger partial charge in [0.2, 0.25) is 5.88 Å². The van der Waals surface area contributed by atoms with Gasteiger partial charge in [0.25, 0.3) is 0 Å². The lowest BCUT2D eigenvalue weighted by Gasteiger charge is -2.11. The summed E-state index contributed by atoms with van der Waals surface area (Å²) < 4.78 is 40.6. The van der Waals surface area contributed by atoms with Gasteiger partial charge in [0.05, 0.1) is 0 Å². The van der Waals surface area contributed by atoms with Crippen LogP contribution >= 0.6 is 0 Å². The van der Waals surface area contributed by atoms with Crippen LogP contribution in [0.1, 0.15) is 28.0 Å². The molecule has 1 aliphatic rings. The number of aromatic nitrogens is 1. The smallest absolute Gasteiger partial charge is 0.422 e. The third-order valence-corrected chi connectivity index (χ3v) is 2.62. The summed E-state index contributed by atoms with van der Waals surface area (Å²) in [6, 6.07) is 1.35. The van der Waals surface area contributed by atoms with Crippen LogP contribution in [0.25, 0.3) is 0 Å². The van der Waals surface area contributed by atoms with Gasteiger partial charge in [0.1, 0.15) is 5.56 Å². The molecule has 0 amide bonds. The number of fused-ring (bicyclic) bond motifs is 1. The fourth-order valence-corrected chi connectivity index (χ4v) is 1.87. The Hall–Kier alpha value is -1.79. The van der Waals surface area contributed by atoms with Gasteiger partial charge in [0.15, 0.2) is 6.61 Å². The van der Waals surface area contributed by atoms with Gasteiger partial charge in [-0.05, 0) is 30.9 Å². The summed E-state index contributed by atoms with van der Waals surface area (Å²) in [5.74, 6) is -1.80. The molecule has 1 heterocycles. The van der Waals surface area contributed by atoms with E-state index in [0.717, 1.165) is 12.0 Å². The highest BCUT2D eigenvalue weighted by Crippen LogP contribution is 2.27. The minimum Gasteiger partial charge on any atom is -0.477 e. The predicted molar refractivity (Wildman–Crippen MR) is 54.8 cm³/mol. The molecule has 0 radical (unpaired) electrons. The topological polar surface area (TPSA) is 59.4 Å². The third kappa shape index (κ3) is 2.72. The normalized spacial score (nSPS) is 14.4. The molecule has 1 N–H and O–H groups in total. The number of pyridine rings is 1. The standard InChI is InChI=1S/C11H10F3NO3/c12-11(13,14)5-18-9-7(10(16)17)4-6-2-1-3-8(6)15-9/h4H,1-3,5H2,(H,16,17). The Labute approximate surface area is 100 Å². The maximum atomic E-state index is 12.0. The number of carboxylic acid groups (broad SMARTS) is 1. The molecular weight excluding hydrogens is 251 g/mol. The molecule has 0 fully saturated rings. The third-order valence-electron chi connectivity index (χ3n) is 2.62. The average molecular weight is 261 g/mol. The van der Waals surface area contributed by atoms with Crippen LogP contribution < -0.4 is 4.74 Å². The fraction of sp³-hybridized carbons (Fsp3) is 0.455. The number of nitrogens with zero attached hydrogens (tertiary/aromatic N) is 1. The Morgan fingerprint density at radius 2 is 2.17 bits per heavy atom. The number of hydrogen-bond acceptors (Lipinski definition) is 3. The summed E-state index contributed by atoms with van der Waals surface area (Å²) in [6.07, 6.45) is -2.36. The maximum absolute atomic E-state index is 12.0. The number of alkyl halides is 3. The molecular formula is C11H10F3NO3. The Kier molecular flexibility index (Phi) is 3.14. The Bertz CT molecular complexity index is 485. The zero-order valence-corrected chi connectivity index (χ0v) is 9.25. The second-order valence-electron chi connectivity index (χ2n) is 4.01. The lowest BCUT2D eigenvalue weighted by atomic mass is 10.1. The van der Waals surface area contributed by atoms with Crippen molar-refractivity contribution >= 4 is 5.97 Å². The number of rotatable bonds is 3. The van der Waals surface area contributed by atoms with E-state index in [1.165, 1.54) is 6.07 Å². The second-order valence-corrected chi connectivity index (χ2v) is 4.01. The first kappa shape index (κ1) is 12.7. The second kappa shape index (κ2) is 4.47. The molecule has 0 aliphatic heterocycles. The molecule has 4 nitrogen and oxygen atoms in total. The van der Waals surface area contributed by atoms with Crippen LogP contribution in [-0.4, -0.2) is 28.8 Å². The minimum absolute atomic E-state index is 0.320. The average Bonchev–Trinajstić information content (AvgIpc) is 2.70. The number of aromatic carboxylic acids is 1. The van der Waals surface area contributed by atoms with E-state index in [0.29, 0.717) is 18.5 Å². The first-order chi connectivity index (χ1) is 8.37. The van der Waals surface area contributed by atoms with Crippen molar-refractivity contribution in [1.82, 2.24) is 4.98 Å². The van der Waals surface area contributed by atoms with Gasteiger partial charge >= 0.3 is 12.1 Å². The van der Waals surface area contributed by atoms with Crippen LogP contribution in [0.15, 0.2) is 6.07 Å². The summed E-state index contributed by atoms with van der Waals surface area (Å²) in [7, 11) is 0. The van der Waals surface area contributed by atoms with E-state index in [2.05, 4.69) is 9.72 Å². The monoisotopic (exact) mass is 261 g/mol. The number of carbonyl (C=O) groups is 1. The van der Waals surface area contributed by atoms with Crippen molar-refractivity contribution in [3.8, 4) is 5.88 Å². The van der Waals surface area contributed by atoms with Crippen LogP contribution in [0.2, 0.25) is 0 Å². The van der Waals surface area contributed by atoms with Crippen molar-refractivity contribution in [1.29, 1.82) is 0 Å². The van der Waals surface area contributed by atoms with Gasteiger partial charge in [-0.1, -0.05) is 0 Å². The molecule has 0 aromatic carbocycles. The zero-order chi connectivity index (χ0) is 13.3. The van der Waals surface area contributed by atoms with E-state index in [1.807, 2.05) is 0 Å². The van der Waals surface area contributed by atoms with Crippen molar-refractivity contribution in [3.63, 3.8) is 0 Å². The SMILES string of the molecule is O=C(O)c1cc2c(nc1OCC(F)(F)F)CCC2. The van der Waals surface area contributed by atoms with Crippen molar-refractivity contribution in [2.75, 3.05) is 6.61 Å². The van der Waals surface area contributed by atoms with Crippen molar-refractivity contribution in [2.24, 2.45) is 0 Å². The summed E-state index contributed by atoms with van der Waals surface area (Å²) in [5, 5.41) is 8.93. The van der Waals surface area contributed by atoms with Crippen molar-refractivity contribution in [3.05, 3.63) is 22.9 Å². The maximum Gasteiger partial charge on any atom is 0.422 e. The molecule has 98 valence electrons. The first-order valence-electron chi connectivity index (χ1n) is 5.32. The van der Waals surface area contributed by atoms with Gasteiger partial charge in [-0.3, -0.25) is 0 Å². The number of halogens is 3. The quantitative estimate of drug-likeness (QED) is 0.906. The molecule has 0 spiro atoms. The molecule has 1 aliphatic carbocycles. The summed E-state index contributed by atoms with van der Waals surface area (Å²) >= 11 is 0. The highest BCUT2D eigenvalue weighted by atomic mass is 19.4. The predicted octanol–water partition coefficient (Wildman–Crippen LogP) is 2.21. The van der Waals surface area contributed by atoms with E-state index in [9.17, 15) is 18.0 Å². The van der Waals surface area contributed by atoms with Crippen LogP contribution in [0.5, 0.6) is 5.88 Å². The minimum atomic E-state index is -4.52. The number of carboxylic acids is 1. The molecule has 18 heavy (non-hydrogen) atoms. The van der Waals surface area contributed by atoms with Gasteiger partial charge in [-0.15, -0.1) is 0 Å². The lowest BCUT2D eigenvalue weighted by molar-refractivity contribution is -0.154. The van der Waals surface area contributed by atoms with Crippen LogP contribution in [-0.2, 0) is 12.8 Å². The van der Waals surface area contributed by atoms with E-state index in [1.54, 1.807) is 0 Å². The Morgan fingerprint density at radius 3 is 2.78 bits per heavy atom. The van der Waals surface area contributed by atoms with Gasteiger partial charge in [0, 0.05) is 5.69 Å². The Morgan fingerprint density at radius 1 is 1.44 bits per heavy atom. The van der Waals surface area contributed by atoms with E-state index < -0.39 is 24.6 Å². The summed E-state index contributed by atoms with van der Waals surface area (Å²) in [6.45, 7) is -1.54. The van der Waals surface area contributed by atoms with Gasteiger partial charge in [-0.25, -0.2) is 9.78 Å². The van der Waals surface area contributed by atoms with Gasteiger partial charge < -0.3 is 9.84 Å². The molecule has 1 aromatic rings. The van der Waals surface area contributed by atoms with Crippen LogP contribution in [0.3, 0.4) is 0 Å². The zero-order valence-electron chi connectivity index (χ0n) is 9.25. The van der Waals surface area contributed by atoms with Crippen molar-refractivity contribution in [2.45, 2.75) is 25.4 Å². The first-order valence-corrected chi connectivity index (χ1v) is 5.32. The molecule has 0 saturated heterocycles. The van der Waals surface area contributed by atoms with Crippen LogP contribution in [0, 0.1) is 0 Å². The van der Waals surface area contributed by atoms with E-state index >= 15 is 0 Å². The fourth-order valence-electron chi connectivity index (χ4n) is 1.87. The molecule has 7 heteroatoms. The van der Waals surface area contributed by atoms with Gasteiger partial charge in [-0.2, -0.15) is 13.2 Å². The number of hydrogen-bond donors (Lipinski definition) is 1.